The molecule has 0 atom stereocenters. The van der Waals surface area contributed by atoms with Gasteiger partial charge in [-0.15, -0.1) is 12.4 Å². The van der Waals surface area contributed by atoms with Crippen LogP contribution in [0.3, 0.4) is 0 Å². The van der Waals surface area contributed by atoms with Gasteiger partial charge in [0, 0.05) is 31.6 Å². The van der Waals surface area contributed by atoms with Crippen LogP contribution in [-0.4, -0.2) is 43.5 Å². The topological polar surface area (TPSA) is 29.5 Å². The van der Waals surface area contributed by atoms with Gasteiger partial charge in [-0.25, -0.2) is 0 Å². The Kier molecular flexibility index (Phi) is 6.49. The molecule has 0 aliphatic carbocycles. The smallest absolute Gasteiger partial charge is 0.164 e. The minimum absolute atomic E-state index is 0. The lowest BCUT2D eigenvalue weighted by atomic mass is 10.0. The highest BCUT2D eigenvalue weighted by atomic mass is 35.5. The van der Waals surface area contributed by atoms with Crippen LogP contribution >= 0.6 is 12.4 Å². The van der Waals surface area contributed by atoms with E-state index in [0.29, 0.717) is 6.42 Å². The molecular formula is C15H22ClNO2. The molecule has 0 aromatic heterocycles. The molecule has 4 heteroatoms. The first-order chi connectivity index (χ1) is 8.66. The van der Waals surface area contributed by atoms with Crippen molar-refractivity contribution in [3.63, 3.8) is 0 Å². The van der Waals surface area contributed by atoms with E-state index in [0.717, 1.165) is 38.4 Å². The van der Waals surface area contributed by atoms with Gasteiger partial charge in [-0.05, 0) is 31.0 Å². The fraction of sp³-hybridized carbons (Fsp3) is 0.533. The molecule has 1 fully saturated rings. The maximum absolute atomic E-state index is 12.1. The van der Waals surface area contributed by atoms with E-state index in [1.807, 2.05) is 25.1 Å². The Hall–Kier alpha value is -0.900. The number of hydrogen-bond donors (Lipinski definition) is 0. The first-order valence-corrected chi connectivity index (χ1v) is 6.57. The van der Waals surface area contributed by atoms with E-state index in [4.69, 9.17) is 4.74 Å². The normalized spacial score (nSPS) is 15.9. The first kappa shape index (κ1) is 16.2. The van der Waals surface area contributed by atoms with E-state index < -0.39 is 0 Å². The van der Waals surface area contributed by atoms with Gasteiger partial charge in [0.25, 0.3) is 0 Å². The lowest BCUT2D eigenvalue weighted by Crippen LogP contribution is -2.37. The van der Waals surface area contributed by atoms with Crippen molar-refractivity contribution < 1.29 is 9.53 Å². The van der Waals surface area contributed by atoms with Crippen molar-refractivity contribution in [2.24, 2.45) is 0 Å². The van der Waals surface area contributed by atoms with Crippen molar-refractivity contribution in [2.45, 2.75) is 20.3 Å². The number of halogens is 1. The monoisotopic (exact) mass is 283 g/mol. The zero-order valence-corrected chi connectivity index (χ0v) is 12.5. The number of Topliss-reactive ketones (excluding diaryl/α,β-unsaturated/α-hetero) is 1. The van der Waals surface area contributed by atoms with Crippen LogP contribution in [0.2, 0.25) is 0 Å². The van der Waals surface area contributed by atoms with Crippen molar-refractivity contribution in [1.82, 2.24) is 4.90 Å². The highest BCUT2D eigenvalue weighted by Crippen LogP contribution is 2.12. The lowest BCUT2D eigenvalue weighted by Gasteiger charge is -2.26. The highest BCUT2D eigenvalue weighted by Gasteiger charge is 2.13. The standard InChI is InChI=1S/C15H21NO2.ClH/c1-12-3-4-14(11-13(12)2)15(17)5-6-16-7-9-18-10-8-16;/h3-4,11H,5-10H2,1-2H3;1H. The summed E-state index contributed by atoms with van der Waals surface area (Å²) < 4.78 is 5.29. The molecular weight excluding hydrogens is 262 g/mol. The number of rotatable bonds is 4. The molecule has 0 amide bonds. The van der Waals surface area contributed by atoms with E-state index in [-0.39, 0.29) is 18.2 Å². The summed E-state index contributed by atoms with van der Waals surface area (Å²) in [4.78, 5) is 14.4. The third-order valence-electron chi connectivity index (χ3n) is 3.59. The molecule has 0 saturated carbocycles. The maximum Gasteiger partial charge on any atom is 0.164 e. The molecule has 19 heavy (non-hydrogen) atoms. The predicted molar refractivity (Wildman–Crippen MR) is 79.4 cm³/mol. The highest BCUT2D eigenvalue weighted by molar-refractivity contribution is 5.96. The number of hydrogen-bond acceptors (Lipinski definition) is 3. The summed E-state index contributed by atoms with van der Waals surface area (Å²) in [7, 11) is 0. The lowest BCUT2D eigenvalue weighted by molar-refractivity contribution is 0.0370. The Morgan fingerprint density at radius 2 is 1.89 bits per heavy atom. The van der Waals surface area contributed by atoms with Crippen LogP contribution in [0.1, 0.15) is 27.9 Å². The first-order valence-electron chi connectivity index (χ1n) is 6.57. The van der Waals surface area contributed by atoms with E-state index in [9.17, 15) is 4.79 Å². The molecule has 1 aromatic rings. The van der Waals surface area contributed by atoms with E-state index in [1.165, 1.54) is 11.1 Å². The van der Waals surface area contributed by atoms with Crippen LogP contribution < -0.4 is 0 Å². The summed E-state index contributed by atoms with van der Waals surface area (Å²) in [5.74, 6) is 0.240. The number of ether oxygens (including phenoxy) is 1. The summed E-state index contributed by atoms with van der Waals surface area (Å²) in [5.41, 5.74) is 3.26. The number of morpholine rings is 1. The zero-order valence-electron chi connectivity index (χ0n) is 11.6. The van der Waals surface area contributed by atoms with Gasteiger partial charge in [-0.3, -0.25) is 9.69 Å². The molecule has 1 aliphatic rings. The van der Waals surface area contributed by atoms with Gasteiger partial charge in [-0.1, -0.05) is 12.1 Å². The number of aryl methyl sites for hydroxylation is 2. The van der Waals surface area contributed by atoms with Gasteiger partial charge in [-0.2, -0.15) is 0 Å². The third kappa shape index (κ3) is 4.60. The Morgan fingerprint density at radius 3 is 2.53 bits per heavy atom. The van der Waals surface area contributed by atoms with Gasteiger partial charge >= 0.3 is 0 Å². The molecule has 1 aliphatic heterocycles. The van der Waals surface area contributed by atoms with Gasteiger partial charge in [0.1, 0.15) is 0 Å². The van der Waals surface area contributed by atoms with Crippen molar-refractivity contribution >= 4 is 18.2 Å². The minimum atomic E-state index is 0. The molecule has 1 aromatic carbocycles. The second-order valence-corrected chi connectivity index (χ2v) is 4.93. The molecule has 0 N–H and O–H groups in total. The zero-order chi connectivity index (χ0) is 13.0. The summed E-state index contributed by atoms with van der Waals surface area (Å²) in [5, 5.41) is 0. The summed E-state index contributed by atoms with van der Waals surface area (Å²) in [6, 6.07) is 5.96. The summed E-state index contributed by atoms with van der Waals surface area (Å²) in [6.07, 6.45) is 0.600. The second-order valence-electron chi connectivity index (χ2n) is 4.93. The molecule has 106 valence electrons. The fourth-order valence-electron chi connectivity index (χ4n) is 2.14. The van der Waals surface area contributed by atoms with Crippen molar-refractivity contribution in [3.05, 3.63) is 34.9 Å². The number of carbonyl (C=O) groups excluding carboxylic acids is 1. The summed E-state index contributed by atoms with van der Waals surface area (Å²) >= 11 is 0. The van der Waals surface area contributed by atoms with Crippen LogP contribution in [-0.2, 0) is 4.74 Å². The Morgan fingerprint density at radius 1 is 1.21 bits per heavy atom. The summed E-state index contributed by atoms with van der Waals surface area (Å²) in [6.45, 7) is 8.43. The fourth-order valence-corrected chi connectivity index (χ4v) is 2.14. The van der Waals surface area contributed by atoms with E-state index in [1.54, 1.807) is 0 Å². The van der Waals surface area contributed by atoms with Gasteiger partial charge < -0.3 is 4.74 Å². The Bertz CT molecular complexity index is 428. The second kappa shape index (κ2) is 7.63. The van der Waals surface area contributed by atoms with Crippen LogP contribution in [0.4, 0.5) is 0 Å². The molecule has 1 saturated heterocycles. The molecule has 0 bridgehead atoms. The van der Waals surface area contributed by atoms with Crippen molar-refractivity contribution in [2.75, 3.05) is 32.8 Å². The van der Waals surface area contributed by atoms with E-state index in [2.05, 4.69) is 11.8 Å². The number of benzene rings is 1. The third-order valence-corrected chi connectivity index (χ3v) is 3.59. The SMILES string of the molecule is Cc1ccc(C(=O)CCN2CCOCC2)cc1C.Cl. The number of ketones is 1. The maximum atomic E-state index is 12.1. The van der Waals surface area contributed by atoms with E-state index >= 15 is 0 Å². The molecule has 3 nitrogen and oxygen atoms in total. The van der Waals surface area contributed by atoms with Crippen molar-refractivity contribution in [1.29, 1.82) is 0 Å². The number of nitrogens with zero attached hydrogens (tertiary/aromatic N) is 1. The molecule has 2 rings (SSSR count). The minimum Gasteiger partial charge on any atom is -0.379 e. The number of carbonyl (C=O) groups is 1. The molecule has 0 radical (unpaired) electrons. The van der Waals surface area contributed by atoms with Crippen LogP contribution in [0.15, 0.2) is 18.2 Å². The van der Waals surface area contributed by atoms with Crippen molar-refractivity contribution in [3.8, 4) is 0 Å². The van der Waals surface area contributed by atoms with Gasteiger partial charge in [0.2, 0.25) is 0 Å². The predicted octanol–water partition coefficient (Wildman–Crippen LogP) is 2.63. The van der Waals surface area contributed by atoms with Gasteiger partial charge in [0.15, 0.2) is 5.78 Å². The quantitative estimate of drug-likeness (QED) is 0.796. The molecule has 0 spiro atoms. The average Bonchev–Trinajstić information content (AvgIpc) is 2.40. The van der Waals surface area contributed by atoms with Crippen LogP contribution in [0.25, 0.3) is 0 Å². The largest absolute Gasteiger partial charge is 0.379 e. The molecule has 0 unspecified atom stereocenters. The van der Waals surface area contributed by atoms with Gasteiger partial charge in [0.05, 0.1) is 13.2 Å². The van der Waals surface area contributed by atoms with Crippen LogP contribution in [0, 0.1) is 13.8 Å². The Balaban J connectivity index is 0.00000180. The van der Waals surface area contributed by atoms with Crippen LogP contribution in [0.5, 0.6) is 0 Å². The molecule has 1 heterocycles. The average molecular weight is 284 g/mol. The Labute approximate surface area is 121 Å².